The molecule has 0 heterocycles. The van der Waals surface area contributed by atoms with E-state index in [0.29, 0.717) is 5.56 Å². The summed E-state index contributed by atoms with van der Waals surface area (Å²) < 4.78 is 11.1. The Labute approximate surface area is 136 Å². The second kappa shape index (κ2) is 6.31. The van der Waals surface area contributed by atoms with Crippen LogP contribution < -0.4 is 5.09 Å². The first-order valence-corrected chi connectivity index (χ1v) is 8.22. The van der Waals surface area contributed by atoms with Crippen molar-refractivity contribution >= 4 is 13.4 Å². The molecule has 0 aliphatic carbocycles. The number of hydrogen-bond acceptors (Lipinski definition) is 6. The van der Waals surface area contributed by atoms with Gasteiger partial charge in [0.1, 0.15) is 17.2 Å². The van der Waals surface area contributed by atoms with Gasteiger partial charge in [0, 0.05) is 18.6 Å². The van der Waals surface area contributed by atoms with Gasteiger partial charge in [-0.15, -0.1) is 0 Å². The van der Waals surface area contributed by atoms with Crippen LogP contribution >= 0.6 is 7.75 Å². The van der Waals surface area contributed by atoms with Gasteiger partial charge in [-0.3, -0.25) is 5.09 Å². The third kappa shape index (κ3) is 4.38. The molecule has 0 unspecified atom stereocenters. The number of aliphatic hydroxyl groups is 2. The van der Waals surface area contributed by atoms with Gasteiger partial charge in [-0.05, 0) is 17.7 Å². The molecule has 0 atom stereocenters. The van der Waals surface area contributed by atoms with Crippen molar-refractivity contribution in [3.8, 4) is 17.2 Å². The average molecular weight is 357 g/mol. The molecule has 0 aromatic heterocycles. The molecule has 0 aliphatic rings. The molecule has 0 spiro atoms. The lowest BCUT2D eigenvalue weighted by atomic mass is 9.95. The van der Waals surface area contributed by atoms with Crippen LogP contribution in [0.5, 0.6) is 17.2 Å². The van der Waals surface area contributed by atoms with Crippen molar-refractivity contribution in [3.05, 3.63) is 47.5 Å². The minimum Gasteiger partial charge on any atom is -0.508 e. The Morgan fingerprint density at radius 3 is 2.08 bits per heavy atom. The highest BCUT2D eigenvalue weighted by molar-refractivity contribution is 7.53. The summed E-state index contributed by atoms with van der Waals surface area (Å²) in [5.41, 5.74) is -0.784. The van der Waals surface area contributed by atoms with Crippen LogP contribution in [-0.4, -0.2) is 35.3 Å². The van der Waals surface area contributed by atoms with E-state index in [1.807, 2.05) is 0 Å². The van der Waals surface area contributed by atoms with E-state index in [0.717, 1.165) is 12.1 Å². The van der Waals surface area contributed by atoms with Crippen molar-refractivity contribution in [1.82, 2.24) is 0 Å². The van der Waals surface area contributed by atoms with Crippen LogP contribution in [0.4, 0.5) is 5.69 Å². The summed E-state index contributed by atoms with van der Waals surface area (Å²) in [5, 5.41) is 51.0. The molecule has 24 heavy (non-hydrogen) atoms. The maximum absolute atomic E-state index is 11.1. The van der Waals surface area contributed by atoms with Crippen LogP contribution in [0.2, 0.25) is 0 Å². The monoisotopic (exact) mass is 357 g/mol. The Hall–Kier alpha value is -2.29. The molecule has 130 valence electrons. The molecular weight excluding hydrogens is 341 g/mol. The first-order chi connectivity index (χ1) is 11.0. The number of phenols is 3. The highest BCUT2D eigenvalue weighted by Gasteiger charge is 2.34. The molecule has 2 aromatic carbocycles. The topological polar surface area (TPSA) is 171 Å². The number of anilines is 1. The summed E-state index contributed by atoms with van der Waals surface area (Å²) in [6.07, 6.45) is -0.457. The summed E-state index contributed by atoms with van der Waals surface area (Å²) in [7, 11) is -4.84. The minimum atomic E-state index is -4.84. The fraction of sp³-hybridized carbons (Fsp3) is 0.143. The number of rotatable bonds is 5. The number of nitrogens with one attached hydrogen (secondary N) is 1. The van der Waals surface area contributed by atoms with Crippen LogP contribution in [0.3, 0.4) is 0 Å². The second-order valence-corrected chi connectivity index (χ2v) is 6.51. The van der Waals surface area contributed by atoms with Gasteiger partial charge in [-0.25, -0.2) is 4.57 Å². The Morgan fingerprint density at radius 1 is 0.958 bits per heavy atom. The Kier molecular flexibility index (Phi) is 4.75. The summed E-state index contributed by atoms with van der Waals surface area (Å²) in [4.78, 5) is 18.0. The lowest BCUT2D eigenvalue weighted by molar-refractivity contribution is -0.168. The first-order valence-electron chi connectivity index (χ1n) is 6.61. The zero-order valence-electron chi connectivity index (χ0n) is 12.2. The van der Waals surface area contributed by atoms with Crippen molar-refractivity contribution < 1.29 is 39.9 Å². The molecular formula is C14H16NO8P. The van der Waals surface area contributed by atoms with Crippen LogP contribution in [0.15, 0.2) is 36.4 Å². The third-order valence-electron chi connectivity index (χ3n) is 3.16. The van der Waals surface area contributed by atoms with Crippen molar-refractivity contribution in [3.63, 3.8) is 0 Å². The molecule has 2 aromatic rings. The smallest absolute Gasteiger partial charge is 0.427 e. The number of benzene rings is 2. The van der Waals surface area contributed by atoms with Gasteiger partial charge in [0.15, 0.2) is 5.79 Å². The Bertz CT molecular complexity index is 784. The van der Waals surface area contributed by atoms with Crippen molar-refractivity contribution in [2.75, 3.05) is 5.09 Å². The average Bonchev–Trinajstić information content (AvgIpc) is 2.37. The zero-order chi connectivity index (χ0) is 18.1. The molecule has 0 amide bonds. The second-order valence-electron chi connectivity index (χ2n) is 5.20. The van der Waals surface area contributed by atoms with Gasteiger partial charge < -0.3 is 35.3 Å². The molecule has 10 heteroatoms. The van der Waals surface area contributed by atoms with Gasteiger partial charge in [-0.2, -0.15) is 0 Å². The molecule has 8 N–H and O–H groups in total. The summed E-state index contributed by atoms with van der Waals surface area (Å²) in [6, 6.07) is 7.09. The SMILES string of the molecule is O=P(O)(O)Nc1cc(O)cc(O)c1C(O)(O)Cc1ccc(O)cc1. The Balaban J connectivity index is 2.48. The van der Waals surface area contributed by atoms with Gasteiger partial charge in [-0.1, -0.05) is 12.1 Å². The summed E-state index contributed by atoms with van der Waals surface area (Å²) in [5.74, 6) is -4.05. The number of hydrogen-bond donors (Lipinski definition) is 8. The first kappa shape index (κ1) is 18.1. The van der Waals surface area contributed by atoms with Crippen LogP contribution in [-0.2, 0) is 16.8 Å². The quantitative estimate of drug-likeness (QED) is 0.283. The number of aromatic hydroxyl groups is 3. The van der Waals surface area contributed by atoms with Gasteiger partial charge >= 0.3 is 7.75 Å². The van der Waals surface area contributed by atoms with E-state index < -0.39 is 42.7 Å². The third-order valence-corrected chi connectivity index (χ3v) is 3.69. The molecule has 0 fully saturated rings. The highest BCUT2D eigenvalue weighted by atomic mass is 31.2. The predicted molar refractivity (Wildman–Crippen MR) is 83.4 cm³/mol. The minimum absolute atomic E-state index is 0.0310. The lowest BCUT2D eigenvalue weighted by Gasteiger charge is -2.26. The van der Waals surface area contributed by atoms with E-state index in [2.05, 4.69) is 0 Å². The van der Waals surface area contributed by atoms with E-state index in [1.54, 1.807) is 5.09 Å². The van der Waals surface area contributed by atoms with Crippen molar-refractivity contribution in [2.45, 2.75) is 12.2 Å². The van der Waals surface area contributed by atoms with Crippen LogP contribution in [0.25, 0.3) is 0 Å². The van der Waals surface area contributed by atoms with Gasteiger partial charge in [0.05, 0.1) is 11.3 Å². The fourth-order valence-corrected chi connectivity index (χ4v) is 2.75. The summed E-state index contributed by atoms with van der Waals surface area (Å²) in [6.45, 7) is 0. The van der Waals surface area contributed by atoms with Crippen molar-refractivity contribution in [2.24, 2.45) is 0 Å². The summed E-state index contributed by atoms with van der Waals surface area (Å²) >= 11 is 0. The van der Waals surface area contributed by atoms with E-state index >= 15 is 0 Å². The normalized spacial score (nSPS) is 12.2. The number of phenolic OH excluding ortho intramolecular Hbond substituents is 3. The van der Waals surface area contributed by atoms with Crippen LogP contribution in [0.1, 0.15) is 11.1 Å². The maximum atomic E-state index is 11.1. The lowest BCUT2D eigenvalue weighted by Crippen LogP contribution is -2.29. The van der Waals surface area contributed by atoms with E-state index in [9.17, 15) is 30.1 Å². The van der Waals surface area contributed by atoms with Crippen LogP contribution in [0, 0.1) is 0 Å². The molecule has 0 aliphatic heterocycles. The molecule has 0 saturated heterocycles. The van der Waals surface area contributed by atoms with Gasteiger partial charge in [0.25, 0.3) is 0 Å². The van der Waals surface area contributed by atoms with Gasteiger partial charge in [0.2, 0.25) is 0 Å². The van der Waals surface area contributed by atoms with Crippen molar-refractivity contribution in [1.29, 1.82) is 0 Å². The molecule has 0 radical (unpaired) electrons. The molecule has 2 rings (SSSR count). The molecule has 0 bridgehead atoms. The molecule has 9 nitrogen and oxygen atoms in total. The zero-order valence-corrected chi connectivity index (χ0v) is 13.1. The highest BCUT2D eigenvalue weighted by Crippen LogP contribution is 2.44. The van der Waals surface area contributed by atoms with E-state index in [1.165, 1.54) is 24.3 Å². The predicted octanol–water partition coefficient (Wildman–Crippen LogP) is 0.688. The largest absolute Gasteiger partial charge is 0.508 e. The molecule has 0 saturated carbocycles. The van der Waals surface area contributed by atoms with E-state index in [4.69, 9.17) is 9.79 Å². The maximum Gasteiger partial charge on any atom is 0.427 e. The standard InChI is InChI=1S/C14H16NO8P/c16-9-3-1-8(2-4-9)7-14(19,20)13-11(15-24(21,22)23)5-10(17)6-12(13)18/h1-6,16-20H,7H2,(H3,15,21,22,23). The fourth-order valence-electron chi connectivity index (χ4n) is 2.26. The Morgan fingerprint density at radius 2 is 1.54 bits per heavy atom. The van der Waals surface area contributed by atoms with E-state index in [-0.39, 0.29) is 5.75 Å².